The van der Waals surface area contributed by atoms with E-state index >= 15 is 0 Å². The van der Waals surface area contributed by atoms with Gasteiger partial charge in [-0.2, -0.15) is 0 Å². The molecule has 0 heterocycles. The fourth-order valence-corrected chi connectivity index (χ4v) is 4.34. The molecule has 1 nitrogen and oxygen atoms in total. The van der Waals surface area contributed by atoms with Crippen LogP contribution in [0.25, 0.3) is 16.8 Å². The van der Waals surface area contributed by atoms with Crippen LogP contribution in [0.2, 0.25) is 0 Å². The number of hydrogen-bond acceptors (Lipinski definition) is 1. The molecule has 0 atom stereocenters. The molecule has 1 saturated carbocycles. The van der Waals surface area contributed by atoms with E-state index in [-0.39, 0.29) is 16.7 Å². The zero-order valence-electron chi connectivity index (χ0n) is 18.2. The van der Waals surface area contributed by atoms with E-state index < -0.39 is 17.5 Å². The van der Waals surface area contributed by atoms with Crippen molar-refractivity contribution in [3.8, 4) is 5.75 Å². The van der Waals surface area contributed by atoms with Gasteiger partial charge in [-0.05, 0) is 61.5 Å². The first-order valence-corrected chi connectivity index (χ1v) is 11.5. The third-order valence-electron chi connectivity index (χ3n) is 6.28. The highest BCUT2D eigenvalue weighted by Gasteiger charge is 2.21. The Morgan fingerprint density at radius 1 is 0.933 bits per heavy atom. The van der Waals surface area contributed by atoms with E-state index in [1.54, 1.807) is 12.1 Å². The molecule has 1 aliphatic rings. The van der Waals surface area contributed by atoms with Gasteiger partial charge in [0.15, 0.2) is 23.2 Å². The van der Waals surface area contributed by atoms with Gasteiger partial charge in [0.1, 0.15) is 0 Å². The van der Waals surface area contributed by atoms with Crippen molar-refractivity contribution < 1.29 is 17.9 Å². The van der Waals surface area contributed by atoms with E-state index in [9.17, 15) is 13.2 Å². The Morgan fingerprint density at radius 2 is 1.67 bits per heavy atom. The molecule has 0 aliphatic heterocycles. The summed E-state index contributed by atoms with van der Waals surface area (Å²) < 4.78 is 49.5. The highest BCUT2D eigenvalue weighted by atomic mass is 19.2. The first-order chi connectivity index (χ1) is 14.5. The number of ether oxygens (including phenoxy) is 1. The first kappa shape index (κ1) is 22.7. The molecule has 0 aromatic heterocycles. The molecule has 0 bridgehead atoms. The third kappa shape index (κ3) is 5.39. The Morgan fingerprint density at radius 3 is 2.37 bits per heavy atom. The summed E-state index contributed by atoms with van der Waals surface area (Å²) in [6.07, 6.45) is 13.8. The number of rotatable bonds is 9. The third-order valence-corrected chi connectivity index (χ3v) is 6.28. The first-order valence-electron chi connectivity index (χ1n) is 11.5. The molecule has 1 aliphatic carbocycles. The maximum atomic E-state index is 14.7. The molecule has 0 N–H and O–H groups in total. The lowest BCUT2D eigenvalue weighted by molar-refractivity contribution is 0.291. The minimum Gasteiger partial charge on any atom is -0.490 e. The second kappa shape index (κ2) is 10.9. The summed E-state index contributed by atoms with van der Waals surface area (Å²) in [5, 5.41) is 0.00671. The Bertz CT molecular complexity index is 866. The van der Waals surface area contributed by atoms with Crippen molar-refractivity contribution >= 4 is 16.8 Å². The van der Waals surface area contributed by atoms with Crippen molar-refractivity contribution in [1.82, 2.24) is 0 Å². The molecular weight excluding hydrogens is 385 g/mol. The fourth-order valence-electron chi connectivity index (χ4n) is 4.34. The van der Waals surface area contributed by atoms with Crippen molar-refractivity contribution in [1.29, 1.82) is 0 Å². The van der Waals surface area contributed by atoms with E-state index in [1.807, 2.05) is 13.0 Å². The summed E-state index contributed by atoms with van der Waals surface area (Å²) in [6, 6.07) is 4.62. The van der Waals surface area contributed by atoms with Crippen LogP contribution in [-0.2, 0) is 0 Å². The van der Waals surface area contributed by atoms with Crippen molar-refractivity contribution in [2.24, 2.45) is 11.8 Å². The maximum absolute atomic E-state index is 14.7. The summed E-state index contributed by atoms with van der Waals surface area (Å²) in [4.78, 5) is 0. The molecule has 0 unspecified atom stereocenters. The van der Waals surface area contributed by atoms with Gasteiger partial charge in [-0.15, -0.1) is 0 Å². The summed E-state index contributed by atoms with van der Waals surface area (Å²) in [5.41, 5.74) is 0.173. The van der Waals surface area contributed by atoms with Crippen LogP contribution in [0.15, 0.2) is 24.3 Å². The van der Waals surface area contributed by atoms with Gasteiger partial charge in [-0.3, -0.25) is 0 Å². The van der Waals surface area contributed by atoms with E-state index in [0.717, 1.165) is 31.6 Å². The number of allylic oxidation sites excluding steroid dienone is 1. The molecule has 164 valence electrons. The molecule has 30 heavy (non-hydrogen) atoms. The summed E-state index contributed by atoms with van der Waals surface area (Å²) in [7, 11) is 0. The Hall–Kier alpha value is -1.97. The van der Waals surface area contributed by atoms with Crippen molar-refractivity contribution in [2.45, 2.75) is 71.6 Å². The Labute approximate surface area is 178 Å². The minimum absolute atomic E-state index is 0.0302. The minimum atomic E-state index is -1.14. The number of halogens is 3. The molecular formula is C26H33F3O. The van der Waals surface area contributed by atoms with Crippen molar-refractivity contribution in [3.63, 3.8) is 0 Å². The van der Waals surface area contributed by atoms with Crippen molar-refractivity contribution in [2.75, 3.05) is 6.61 Å². The van der Waals surface area contributed by atoms with Gasteiger partial charge in [0.25, 0.3) is 0 Å². The second-order valence-corrected chi connectivity index (χ2v) is 8.55. The van der Waals surface area contributed by atoms with E-state index in [2.05, 4.69) is 6.92 Å². The number of benzene rings is 2. The lowest BCUT2D eigenvalue weighted by Crippen LogP contribution is -2.12. The maximum Gasteiger partial charge on any atom is 0.175 e. The van der Waals surface area contributed by atoms with Gasteiger partial charge >= 0.3 is 0 Å². The summed E-state index contributed by atoms with van der Waals surface area (Å²) in [5.74, 6) is -1.81. The van der Waals surface area contributed by atoms with Crippen molar-refractivity contribution in [3.05, 3.63) is 47.3 Å². The quantitative estimate of drug-likeness (QED) is 0.371. The van der Waals surface area contributed by atoms with Crippen LogP contribution in [0.5, 0.6) is 5.75 Å². The van der Waals surface area contributed by atoms with Crippen LogP contribution in [0.4, 0.5) is 13.2 Å². The Kier molecular flexibility index (Phi) is 8.24. The van der Waals surface area contributed by atoms with Gasteiger partial charge in [-0.1, -0.05) is 57.7 Å². The average Bonchev–Trinajstić information content (AvgIpc) is 2.76. The molecule has 0 amide bonds. The summed E-state index contributed by atoms with van der Waals surface area (Å²) in [6.45, 7) is 4.57. The molecule has 2 aromatic rings. The standard InChI is InChI=1S/C26H33F3O/c1-3-5-7-18-8-10-19(11-9-18)12-13-21-17-20-14-15-22(30-16-6-4-2)25(28)23(20)26(29)24(21)27/h12-15,17-19H,3-11,16H2,1-2H3/b13-12+. The van der Waals surface area contributed by atoms with Crippen LogP contribution in [-0.4, -0.2) is 6.61 Å². The van der Waals surface area contributed by atoms with Crippen LogP contribution >= 0.6 is 0 Å². The van der Waals surface area contributed by atoms with E-state index in [0.29, 0.717) is 17.9 Å². The Balaban J connectivity index is 1.75. The van der Waals surface area contributed by atoms with Crippen LogP contribution in [0.3, 0.4) is 0 Å². The highest BCUT2D eigenvalue weighted by Crippen LogP contribution is 2.35. The largest absolute Gasteiger partial charge is 0.490 e. The molecule has 0 saturated heterocycles. The highest BCUT2D eigenvalue weighted by molar-refractivity contribution is 5.87. The number of hydrogen-bond donors (Lipinski definition) is 0. The van der Waals surface area contributed by atoms with E-state index in [4.69, 9.17) is 4.74 Å². The van der Waals surface area contributed by atoms with Gasteiger partial charge in [0.05, 0.1) is 12.0 Å². The zero-order chi connectivity index (χ0) is 21.5. The van der Waals surface area contributed by atoms with Gasteiger partial charge in [0.2, 0.25) is 0 Å². The summed E-state index contributed by atoms with van der Waals surface area (Å²) >= 11 is 0. The van der Waals surface area contributed by atoms with Crippen LogP contribution in [0.1, 0.15) is 77.2 Å². The second-order valence-electron chi connectivity index (χ2n) is 8.55. The van der Waals surface area contributed by atoms with Gasteiger partial charge in [0, 0.05) is 5.56 Å². The van der Waals surface area contributed by atoms with Gasteiger partial charge in [-0.25, -0.2) is 13.2 Å². The van der Waals surface area contributed by atoms with Crippen LogP contribution < -0.4 is 4.74 Å². The lowest BCUT2D eigenvalue weighted by Gasteiger charge is -2.26. The molecule has 1 fully saturated rings. The smallest absolute Gasteiger partial charge is 0.175 e. The predicted octanol–water partition coefficient (Wildman–Crippen LogP) is 8.45. The SMILES string of the molecule is CCCCOc1ccc2cc(/C=C/C3CCC(CCCC)CC3)c(F)c(F)c2c1F. The van der Waals surface area contributed by atoms with E-state index in [1.165, 1.54) is 44.2 Å². The molecule has 2 aromatic carbocycles. The molecule has 0 radical (unpaired) electrons. The zero-order valence-corrected chi connectivity index (χ0v) is 18.2. The normalized spacial score (nSPS) is 19.6. The number of unbranched alkanes of at least 4 members (excludes halogenated alkanes) is 2. The van der Waals surface area contributed by atoms with Crippen LogP contribution in [0, 0.1) is 29.3 Å². The fraction of sp³-hybridized carbons (Fsp3) is 0.538. The molecule has 4 heteroatoms. The number of fused-ring (bicyclic) bond motifs is 1. The lowest BCUT2D eigenvalue weighted by atomic mass is 9.79. The molecule has 0 spiro atoms. The van der Waals surface area contributed by atoms with Gasteiger partial charge < -0.3 is 4.74 Å². The monoisotopic (exact) mass is 418 g/mol. The average molecular weight is 419 g/mol. The molecule has 3 rings (SSSR count). The topological polar surface area (TPSA) is 9.23 Å². The predicted molar refractivity (Wildman–Crippen MR) is 118 cm³/mol.